The molecule has 0 aliphatic heterocycles. The highest BCUT2D eigenvalue weighted by Gasteiger charge is 2.09. The van der Waals surface area contributed by atoms with Crippen LogP contribution in [0.5, 0.6) is 0 Å². The zero-order valence-corrected chi connectivity index (χ0v) is 39.6. The smallest absolute Gasteiger partial charge is 0.0102 e. The Morgan fingerprint density at radius 1 is 0.167 bits per heavy atom. The molecule has 0 heterocycles. The molecule has 66 heavy (non-hydrogen) atoms. The van der Waals surface area contributed by atoms with Crippen LogP contribution in [-0.2, 0) is 38.5 Å². The zero-order chi connectivity index (χ0) is 45.3. The molecule has 324 valence electrons. The van der Waals surface area contributed by atoms with E-state index in [1.807, 2.05) is 0 Å². The zero-order valence-electron chi connectivity index (χ0n) is 39.6. The molecule has 0 unspecified atom stereocenters. The maximum Gasteiger partial charge on any atom is -0.0102 e. The summed E-state index contributed by atoms with van der Waals surface area (Å²) < 4.78 is 0. The largest absolute Gasteiger partial charge is 0.0613 e. The lowest BCUT2D eigenvalue weighted by molar-refractivity contribution is 1.04. The van der Waals surface area contributed by atoms with Crippen LogP contribution in [0.25, 0.3) is 97.0 Å². The second-order valence-electron chi connectivity index (χ2n) is 18.1. The van der Waals surface area contributed by atoms with Crippen LogP contribution >= 0.6 is 0 Å². The van der Waals surface area contributed by atoms with Crippen molar-refractivity contribution in [1.29, 1.82) is 0 Å². The fourth-order valence-corrected chi connectivity index (χ4v) is 10.5. The molecule has 0 spiro atoms. The first-order valence-electron chi connectivity index (χ1n) is 24.5. The van der Waals surface area contributed by atoms with Crippen molar-refractivity contribution in [2.24, 2.45) is 0 Å². The standard InChI is InChI=1S/C66H60/c1-7-43-37-61-55-25-13-49(14-26-55)51-17-29-57(30-18-51)63-39-45(9-3)47(11-5)41-65(63)59-33-21-53(22-34-59)54-23-35-60(36-24-54)66-42-48(12-6)46(10-4)40-64(66)58-31-19-52(20-32-58)50-15-27-56(28-16-50)62(61)38-44(43)8-2/h13-42H,7-12H2,1-6H3. The highest BCUT2D eigenvalue weighted by Crippen LogP contribution is 2.33. The van der Waals surface area contributed by atoms with Crippen LogP contribution in [0.15, 0.2) is 182 Å². The van der Waals surface area contributed by atoms with Gasteiger partial charge in [0.05, 0.1) is 0 Å². The van der Waals surface area contributed by atoms with Crippen molar-refractivity contribution >= 4 is 97.0 Å². The van der Waals surface area contributed by atoms with Gasteiger partial charge in [0.15, 0.2) is 0 Å². The van der Waals surface area contributed by atoms with Crippen molar-refractivity contribution in [3.05, 3.63) is 215 Å². The van der Waals surface area contributed by atoms with E-state index < -0.39 is 0 Å². The predicted octanol–water partition coefficient (Wildman–Crippen LogP) is 18.8. The molecule has 0 saturated carbocycles. The van der Waals surface area contributed by atoms with E-state index in [0.717, 1.165) is 38.5 Å². The summed E-state index contributed by atoms with van der Waals surface area (Å²) in [5.74, 6) is 0. The lowest BCUT2D eigenvalue weighted by atomic mass is 9.94. The molecular formula is C66H60. The van der Waals surface area contributed by atoms with Crippen molar-refractivity contribution in [3.63, 3.8) is 0 Å². The summed E-state index contributed by atoms with van der Waals surface area (Å²) in [6.45, 7) is 13.7. The minimum Gasteiger partial charge on any atom is -0.0613 e. The van der Waals surface area contributed by atoms with Gasteiger partial charge in [0.2, 0.25) is 0 Å². The van der Waals surface area contributed by atoms with Gasteiger partial charge >= 0.3 is 0 Å². The molecule has 0 aliphatic rings. The van der Waals surface area contributed by atoms with Crippen LogP contribution in [-0.4, -0.2) is 0 Å². The van der Waals surface area contributed by atoms with Gasteiger partial charge < -0.3 is 0 Å². The average Bonchev–Trinajstić information content (AvgIpc) is 3.39. The predicted molar refractivity (Wildman–Crippen MR) is 293 cm³/mol. The molecule has 0 N–H and O–H groups in total. The van der Waals surface area contributed by atoms with Gasteiger partial charge in [-0.2, -0.15) is 0 Å². The fourth-order valence-electron chi connectivity index (χ4n) is 10.5. The number of rotatable bonds is 6. The molecule has 19 rings (SSSR count). The lowest BCUT2D eigenvalue weighted by Gasteiger charge is -2.10. The van der Waals surface area contributed by atoms with Crippen LogP contribution < -0.4 is 0 Å². The first-order valence-corrected chi connectivity index (χ1v) is 24.5. The van der Waals surface area contributed by atoms with E-state index in [-0.39, 0.29) is 0 Å². The highest BCUT2D eigenvalue weighted by atomic mass is 14.1. The normalized spacial score (nSPS) is 11.5. The van der Waals surface area contributed by atoms with Gasteiger partial charge in [-0.3, -0.25) is 0 Å². The molecule has 0 fully saturated rings. The number of hydrogen-bond donors (Lipinski definition) is 0. The minimum absolute atomic E-state index is 1.01. The first kappa shape index (κ1) is 42.9. The van der Waals surface area contributed by atoms with Gasteiger partial charge in [0, 0.05) is 0 Å². The molecular weight excluding hydrogens is 793 g/mol. The van der Waals surface area contributed by atoms with Gasteiger partial charge in [0.1, 0.15) is 0 Å². The van der Waals surface area contributed by atoms with Gasteiger partial charge in [-0.15, -0.1) is 0 Å². The highest BCUT2D eigenvalue weighted by molar-refractivity contribution is 6.10. The molecule has 0 radical (unpaired) electrons. The molecule has 19 aromatic carbocycles. The van der Waals surface area contributed by atoms with E-state index in [0.29, 0.717) is 0 Å². The Balaban J connectivity index is 1.28. The molecule has 0 aromatic heterocycles. The lowest BCUT2D eigenvalue weighted by Crippen LogP contribution is -1.91. The van der Waals surface area contributed by atoms with Crippen molar-refractivity contribution < 1.29 is 0 Å². The third-order valence-electron chi connectivity index (χ3n) is 14.5. The minimum atomic E-state index is 1.01. The maximum atomic E-state index is 2.45. The number of aryl methyl sites for hydroxylation is 6. The SMILES string of the molecule is CCc1cc2c3ccc(cc3)c3ccc(cc3)c3cc(CC)c(CC)cc3c3ccc(cc3)c3ccc(cc3)c3cc(CC)c(CC)cc3c3ccc(cc3)c3ccc(cc3)c2cc1CC. The Hall–Kier alpha value is -7.02. The van der Waals surface area contributed by atoms with E-state index in [1.165, 1.54) is 130 Å². The molecule has 12 bridgehead atoms. The van der Waals surface area contributed by atoms with Gasteiger partial charge in [-0.05, 0) is 169 Å². The maximum absolute atomic E-state index is 2.45. The molecule has 0 saturated heterocycles. The Morgan fingerprint density at radius 3 is 0.379 bits per heavy atom. The Labute approximate surface area is 390 Å². The van der Waals surface area contributed by atoms with E-state index in [1.54, 1.807) is 0 Å². The summed E-state index contributed by atoms with van der Waals surface area (Å²) in [7, 11) is 0. The number of hydrogen-bond acceptors (Lipinski definition) is 0. The van der Waals surface area contributed by atoms with Crippen LogP contribution in [0, 0.1) is 0 Å². The molecule has 0 amide bonds. The fraction of sp³-hybridized carbons (Fsp3) is 0.182. The summed E-state index contributed by atoms with van der Waals surface area (Å²) in [5.41, 5.74) is 8.55. The van der Waals surface area contributed by atoms with Crippen molar-refractivity contribution in [2.45, 2.75) is 80.1 Å². The van der Waals surface area contributed by atoms with E-state index >= 15 is 0 Å². The summed E-state index contributed by atoms with van der Waals surface area (Å²) in [4.78, 5) is 0. The van der Waals surface area contributed by atoms with E-state index in [2.05, 4.69) is 224 Å². The summed E-state index contributed by atoms with van der Waals surface area (Å²) in [6, 6.07) is 70.1. The summed E-state index contributed by atoms with van der Waals surface area (Å²) >= 11 is 0. The summed E-state index contributed by atoms with van der Waals surface area (Å²) in [5, 5.41) is 22.5. The Kier molecular flexibility index (Phi) is 12.0. The van der Waals surface area contributed by atoms with E-state index in [4.69, 9.17) is 0 Å². The van der Waals surface area contributed by atoms with Crippen LogP contribution in [0.3, 0.4) is 0 Å². The second kappa shape index (κ2) is 18.5. The third-order valence-corrected chi connectivity index (χ3v) is 14.5. The van der Waals surface area contributed by atoms with Crippen molar-refractivity contribution in [2.75, 3.05) is 0 Å². The number of benzene rings is 9. The molecule has 0 aliphatic carbocycles. The third kappa shape index (κ3) is 8.05. The Morgan fingerprint density at radius 2 is 0.273 bits per heavy atom. The second-order valence-corrected chi connectivity index (χ2v) is 18.1. The van der Waals surface area contributed by atoms with Gasteiger partial charge in [0.25, 0.3) is 0 Å². The van der Waals surface area contributed by atoms with Crippen LogP contribution in [0.2, 0.25) is 0 Å². The molecule has 0 nitrogen and oxygen atoms in total. The monoisotopic (exact) mass is 852 g/mol. The molecule has 19 aromatic rings. The summed E-state index contributed by atoms with van der Waals surface area (Å²) in [6.07, 6.45) is 6.08. The topological polar surface area (TPSA) is 0 Å². The molecule has 0 atom stereocenters. The van der Waals surface area contributed by atoms with Gasteiger partial charge in [-0.25, -0.2) is 0 Å². The Bertz CT molecular complexity index is 3010. The first-order chi connectivity index (χ1) is 32.4. The van der Waals surface area contributed by atoms with Gasteiger partial charge in [-0.1, -0.05) is 224 Å². The van der Waals surface area contributed by atoms with Crippen LogP contribution in [0.4, 0.5) is 0 Å². The van der Waals surface area contributed by atoms with Crippen LogP contribution in [0.1, 0.15) is 74.9 Å². The van der Waals surface area contributed by atoms with Crippen molar-refractivity contribution in [3.8, 4) is 0 Å². The molecule has 0 heteroatoms. The quantitative estimate of drug-likeness (QED) is 0.156. The average molecular weight is 853 g/mol. The van der Waals surface area contributed by atoms with E-state index in [9.17, 15) is 0 Å². The van der Waals surface area contributed by atoms with Crippen molar-refractivity contribution in [1.82, 2.24) is 0 Å².